The highest BCUT2D eigenvalue weighted by atomic mass is 32.2. The molecule has 1 fully saturated rings. The maximum atomic E-state index is 5.61. The number of nitrogens with two attached hydrogens (primary N) is 2. The average Bonchev–Trinajstić information content (AvgIpc) is 2.01. The lowest BCUT2D eigenvalue weighted by Crippen LogP contribution is -2.49. The fourth-order valence-electron chi connectivity index (χ4n) is 1.29. The van der Waals surface area contributed by atoms with E-state index < -0.39 is 0 Å². The zero-order valence-electron chi connectivity index (χ0n) is 7.58. The smallest absolute Gasteiger partial charge is 0.213 e. The van der Waals surface area contributed by atoms with Crippen molar-refractivity contribution in [3.63, 3.8) is 0 Å². The molecule has 1 heterocycles. The minimum absolute atomic E-state index is 0.258. The van der Waals surface area contributed by atoms with Gasteiger partial charge in [-0.15, -0.1) is 5.10 Å². The number of hydrazone groups is 1. The molecule has 0 aromatic rings. The van der Waals surface area contributed by atoms with E-state index in [4.69, 9.17) is 11.6 Å². The molecular weight excluding hydrogens is 172 g/mol. The fourth-order valence-corrected chi connectivity index (χ4v) is 2.41. The van der Waals surface area contributed by atoms with Gasteiger partial charge >= 0.3 is 0 Å². The number of nitrogens with zero attached hydrogens (tertiary/aromatic N) is 2. The third-order valence-electron chi connectivity index (χ3n) is 1.88. The second kappa shape index (κ2) is 3.43. The van der Waals surface area contributed by atoms with Crippen molar-refractivity contribution < 1.29 is 0 Å². The minimum atomic E-state index is 0.258. The van der Waals surface area contributed by atoms with Crippen molar-refractivity contribution in [1.82, 2.24) is 4.90 Å². The largest absolute Gasteiger partial charge is 0.368 e. The molecule has 0 radical (unpaired) electrons. The zero-order chi connectivity index (χ0) is 9.19. The Hall–Kier alpha value is -0.580. The van der Waals surface area contributed by atoms with Crippen molar-refractivity contribution in [3.05, 3.63) is 0 Å². The Labute approximate surface area is 77.4 Å². The van der Waals surface area contributed by atoms with E-state index in [0.29, 0.717) is 5.96 Å². The van der Waals surface area contributed by atoms with Crippen molar-refractivity contribution >= 4 is 17.7 Å². The van der Waals surface area contributed by atoms with E-state index in [2.05, 4.69) is 18.9 Å². The molecule has 0 saturated carbocycles. The number of rotatable bonds is 0. The molecule has 5 heteroatoms. The molecular formula is C7H16N4S. The Morgan fingerprint density at radius 2 is 2.25 bits per heavy atom. The topological polar surface area (TPSA) is 67.6 Å². The van der Waals surface area contributed by atoms with E-state index in [1.807, 2.05) is 16.7 Å². The summed E-state index contributed by atoms with van der Waals surface area (Å²) < 4.78 is 0.258. The van der Waals surface area contributed by atoms with Gasteiger partial charge in [-0.3, -0.25) is 0 Å². The van der Waals surface area contributed by atoms with Gasteiger partial charge in [-0.05, 0) is 13.8 Å². The van der Waals surface area contributed by atoms with Crippen LogP contribution in [0.1, 0.15) is 13.8 Å². The van der Waals surface area contributed by atoms with Gasteiger partial charge in [0.05, 0.1) is 0 Å². The van der Waals surface area contributed by atoms with E-state index >= 15 is 0 Å². The van der Waals surface area contributed by atoms with Crippen LogP contribution in [0, 0.1) is 0 Å². The Morgan fingerprint density at radius 1 is 1.58 bits per heavy atom. The zero-order valence-corrected chi connectivity index (χ0v) is 8.40. The lowest BCUT2D eigenvalue weighted by molar-refractivity contribution is 0.384. The first-order valence-electron chi connectivity index (χ1n) is 3.97. The van der Waals surface area contributed by atoms with Crippen LogP contribution in [0.3, 0.4) is 0 Å². The third-order valence-corrected chi connectivity index (χ3v) is 3.18. The van der Waals surface area contributed by atoms with Crippen LogP contribution in [0.2, 0.25) is 0 Å². The van der Waals surface area contributed by atoms with Crippen LogP contribution in [0.4, 0.5) is 0 Å². The second-order valence-corrected chi connectivity index (χ2v) is 5.32. The van der Waals surface area contributed by atoms with Crippen molar-refractivity contribution in [2.45, 2.75) is 18.6 Å². The normalized spacial score (nSPS) is 24.2. The monoisotopic (exact) mass is 188 g/mol. The molecule has 0 aromatic carbocycles. The van der Waals surface area contributed by atoms with Crippen LogP contribution in [-0.4, -0.2) is 34.4 Å². The van der Waals surface area contributed by atoms with Gasteiger partial charge in [0, 0.05) is 23.6 Å². The molecule has 0 unspecified atom stereocenters. The summed E-state index contributed by atoms with van der Waals surface area (Å²) in [7, 11) is 0. The molecule has 4 nitrogen and oxygen atoms in total. The molecule has 0 spiro atoms. The number of hydrogen-bond donors (Lipinski definition) is 2. The lowest BCUT2D eigenvalue weighted by Gasteiger charge is -2.37. The van der Waals surface area contributed by atoms with Crippen LogP contribution in [0.15, 0.2) is 5.10 Å². The average molecular weight is 188 g/mol. The van der Waals surface area contributed by atoms with Gasteiger partial charge in [0.1, 0.15) is 0 Å². The molecule has 0 aliphatic carbocycles. The molecule has 0 bridgehead atoms. The summed E-state index contributed by atoms with van der Waals surface area (Å²) in [6, 6.07) is 0. The molecule has 1 aliphatic heterocycles. The van der Waals surface area contributed by atoms with E-state index in [1.165, 1.54) is 0 Å². The molecule has 1 rings (SSSR count). The molecule has 0 atom stereocenters. The Kier molecular flexibility index (Phi) is 2.72. The summed E-state index contributed by atoms with van der Waals surface area (Å²) >= 11 is 1.96. The SMILES string of the molecule is CC1(C)CN(C(N)=NN)CCS1. The van der Waals surface area contributed by atoms with Crippen LogP contribution in [0.5, 0.6) is 0 Å². The fraction of sp³-hybridized carbons (Fsp3) is 0.857. The molecule has 12 heavy (non-hydrogen) atoms. The van der Waals surface area contributed by atoms with Gasteiger partial charge in [-0.2, -0.15) is 11.8 Å². The molecule has 0 aromatic heterocycles. The predicted octanol–water partition coefficient (Wildman–Crippen LogP) is 0.00220. The summed E-state index contributed by atoms with van der Waals surface area (Å²) in [5.74, 6) is 6.64. The lowest BCUT2D eigenvalue weighted by atomic mass is 10.2. The summed E-state index contributed by atoms with van der Waals surface area (Å²) in [5.41, 5.74) is 5.61. The Bertz CT molecular complexity index is 190. The summed E-state index contributed by atoms with van der Waals surface area (Å²) in [4.78, 5) is 2.02. The van der Waals surface area contributed by atoms with Gasteiger partial charge in [0.25, 0.3) is 0 Å². The highest BCUT2D eigenvalue weighted by Gasteiger charge is 2.27. The van der Waals surface area contributed by atoms with Gasteiger partial charge in [0.15, 0.2) is 0 Å². The number of guanidine groups is 1. The van der Waals surface area contributed by atoms with Gasteiger partial charge in [-0.1, -0.05) is 0 Å². The molecule has 1 aliphatic rings. The summed E-state index contributed by atoms with van der Waals surface area (Å²) in [5, 5.41) is 3.49. The molecule has 0 amide bonds. The van der Waals surface area contributed by atoms with Crippen molar-refractivity contribution in [3.8, 4) is 0 Å². The first-order chi connectivity index (χ1) is 5.55. The minimum Gasteiger partial charge on any atom is -0.368 e. The first kappa shape index (κ1) is 9.51. The maximum Gasteiger partial charge on any atom is 0.213 e. The van der Waals surface area contributed by atoms with Crippen LogP contribution >= 0.6 is 11.8 Å². The highest BCUT2D eigenvalue weighted by Crippen LogP contribution is 2.28. The van der Waals surface area contributed by atoms with E-state index in [-0.39, 0.29) is 4.75 Å². The molecule has 4 N–H and O–H groups in total. The maximum absolute atomic E-state index is 5.61. The summed E-state index contributed by atoms with van der Waals surface area (Å²) in [6.45, 7) is 6.27. The number of hydrogen-bond acceptors (Lipinski definition) is 3. The van der Waals surface area contributed by atoms with Gasteiger partial charge < -0.3 is 16.5 Å². The van der Waals surface area contributed by atoms with Gasteiger partial charge in [0.2, 0.25) is 5.96 Å². The molecule has 1 saturated heterocycles. The van der Waals surface area contributed by atoms with Crippen LogP contribution < -0.4 is 11.6 Å². The standard InChI is InChI=1S/C7H16N4S/c1-7(2)5-11(3-4-12-7)6(8)10-9/h3-5,9H2,1-2H3,(H2,8,10). The number of thioether (sulfide) groups is 1. The third kappa shape index (κ3) is 2.20. The Balaban J connectivity index is 2.58. The van der Waals surface area contributed by atoms with E-state index in [9.17, 15) is 0 Å². The van der Waals surface area contributed by atoms with Crippen molar-refractivity contribution in [1.29, 1.82) is 0 Å². The second-order valence-electron chi connectivity index (χ2n) is 3.52. The highest BCUT2D eigenvalue weighted by molar-refractivity contribution is 8.00. The van der Waals surface area contributed by atoms with Crippen molar-refractivity contribution in [2.24, 2.45) is 16.7 Å². The van der Waals surface area contributed by atoms with E-state index in [1.54, 1.807) is 0 Å². The van der Waals surface area contributed by atoms with Crippen molar-refractivity contribution in [2.75, 3.05) is 18.8 Å². The Morgan fingerprint density at radius 3 is 2.75 bits per heavy atom. The van der Waals surface area contributed by atoms with E-state index in [0.717, 1.165) is 18.8 Å². The van der Waals surface area contributed by atoms with Crippen LogP contribution in [0.25, 0.3) is 0 Å². The molecule has 70 valence electrons. The van der Waals surface area contributed by atoms with Crippen LogP contribution in [-0.2, 0) is 0 Å². The quantitative estimate of drug-likeness (QED) is 0.243. The predicted molar refractivity (Wildman–Crippen MR) is 53.9 cm³/mol. The summed E-state index contributed by atoms with van der Waals surface area (Å²) in [6.07, 6.45) is 0. The van der Waals surface area contributed by atoms with Gasteiger partial charge in [-0.25, -0.2) is 0 Å². The first-order valence-corrected chi connectivity index (χ1v) is 4.96.